The molecule has 1 N–H and O–H groups in total. The number of nitrogens with one attached hydrogen (secondary N) is 1. The van der Waals surface area contributed by atoms with E-state index in [0.717, 1.165) is 16.0 Å². The van der Waals surface area contributed by atoms with Crippen LogP contribution >= 0.6 is 11.3 Å². The standard InChI is InChI=1S/C21H22N4O5S/c1-2-28-20(27)16-8-22-21(30-16)25-9-13(10-25)24-19(26)12-6-14(7-12)29-15-4-3-5-17-18(15)23-11-31-17/h3-5,8,11-14H,2,6-7,9-10H2,1H3,(H,24,26). The van der Waals surface area contributed by atoms with Gasteiger partial charge in [-0.2, -0.15) is 0 Å². The molecule has 9 nitrogen and oxygen atoms in total. The molecule has 1 saturated carbocycles. The molecule has 0 radical (unpaired) electrons. The van der Waals surface area contributed by atoms with Gasteiger partial charge < -0.3 is 24.1 Å². The zero-order valence-corrected chi connectivity index (χ0v) is 17.8. The summed E-state index contributed by atoms with van der Waals surface area (Å²) in [4.78, 5) is 34.5. The Morgan fingerprint density at radius 2 is 2.13 bits per heavy atom. The van der Waals surface area contributed by atoms with Gasteiger partial charge in [-0.05, 0) is 31.9 Å². The molecule has 1 saturated heterocycles. The van der Waals surface area contributed by atoms with Crippen molar-refractivity contribution in [3.63, 3.8) is 0 Å². The van der Waals surface area contributed by atoms with Crippen LogP contribution in [0, 0.1) is 5.92 Å². The molecule has 1 aliphatic carbocycles. The van der Waals surface area contributed by atoms with Crippen molar-refractivity contribution < 1.29 is 23.5 Å². The van der Waals surface area contributed by atoms with Crippen molar-refractivity contribution in [1.29, 1.82) is 0 Å². The Labute approximate surface area is 182 Å². The highest BCUT2D eigenvalue weighted by Crippen LogP contribution is 2.35. The summed E-state index contributed by atoms with van der Waals surface area (Å²) in [6.07, 6.45) is 2.80. The highest BCUT2D eigenvalue weighted by Gasteiger charge is 2.39. The first-order valence-electron chi connectivity index (χ1n) is 10.3. The number of hydrogen-bond acceptors (Lipinski definition) is 9. The molecule has 0 spiro atoms. The fourth-order valence-electron chi connectivity index (χ4n) is 3.76. The van der Waals surface area contributed by atoms with Crippen LogP contribution in [0.2, 0.25) is 0 Å². The van der Waals surface area contributed by atoms with Crippen LogP contribution in [-0.4, -0.2) is 53.7 Å². The van der Waals surface area contributed by atoms with Gasteiger partial charge in [0.2, 0.25) is 11.7 Å². The molecule has 0 unspecified atom stereocenters. The maximum absolute atomic E-state index is 12.5. The van der Waals surface area contributed by atoms with E-state index in [-0.39, 0.29) is 36.3 Å². The number of carbonyl (C=O) groups excluding carboxylic acids is 2. The minimum Gasteiger partial charge on any atom is -0.488 e. The van der Waals surface area contributed by atoms with Gasteiger partial charge >= 0.3 is 5.97 Å². The lowest BCUT2D eigenvalue weighted by Gasteiger charge is -2.41. The molecule has 0 atom stereocenters. The van der Waals surface area contributed by atoms with Crippen LogP contribution < -0.4 is 15.0 Å². The second kappa shape index (κ2) is 8.18. The summed E-state index contributed by atoms with van der Waals surface area (Å²) < 4.78 is 17.5. The maximum atomic E-state index is 12.5. The number of rotatable bonds is 7. The summed E-state index contributed by atoms with van der Waals surface area (Å²) in [5.74, 6) is 0.352. The number of esters is 1. The molecule has 2 aromatic heterocycles. The first-order chi connectivity index (χ1) is 15.1. The summed E-state index contributed by atoms with van der Waals surface area (Å²) in [7, 11) is 0. The number of aromatic nitrogens is 2. The molecule has 3 aromatic rings. The number of thiazole rings is 1. The van der Waals surface area contributed by atoms with Gasteiger partial charge in [0.15, 0.2) is 0 Å². The van der Waals surface area contributed by atoms with E-state index < -0.39 is 5.97 Å². The Bertz CT molecular complexity index is 1100. The molecule has 2 fully saturated rings. The topological polar surface area (TPSA) is 107 Å². The Morgan fingerprint density at radius 3 is 2.94 bits per heavy atom. The van der Waals surface area contributed by atoms with Gasteiger partial charge in [-0.15, -0.1) is 11.3 Å². The highest BCUT2D eigenvalue weighted by atomic mass is 32.1. The predicted octanol–water partition coefficient (Wildman–Crippen LogP) is 2.62. The monoisotopic (exact) mass is 442 g/mol. The van der Waals surface area contributed by atoms with E-state index in [2.05, 4.69) is 15.3 Å². The lowest BCUT2D eigenvalue weighted by molar-refractivity contribution is -0.131. The number of para-hydroxylation sites is 1. The number of anilines is 1. The van der Waals surface area contributed by atoms with Gasteiger partial charge in [0.25, 0.3) is 6.01 Å². The molecule has 3 heterocycles. The smallest absolute Gasteiger partial charge is 0.376 e. The molecule has 5 rings (SSSR count). The number of nitrogens with zero attached hydrogens (tertiary/aromatic N) is 3. The summed E-state index contributed by atoms with van der Waals surface area (Å²) in [5, 5.41) is 3.07. The minimum atomic E-state index is -0.528. The van der Waals surface area contributed by atoms with Crippen LogP contribution in [0.4, 0.5) is 6.01 Å². The summed E-state index contributed by atoms with van der Waals surface area (Å²) in [5.41, 5.74) is 2.69. The molecular weight excluding hydrogens is 420 g/mol. The van der Waals surface area contributed by atoms with Crippen LogP contribution in [0.3, 0.4) is 0 Å². The van der Waals surface area contributed by atoms with Crippen LogP contribution in [0.25, 0.3) is 10.2 Å². The van der Waals surface area contributed by atoms with E-state index in [1.54, 1.807) is 18.3 Å². The second-order valence-electron chi connectivity index (χ2n) is 7.70. The van der Waals surface area contributed by atoms with E-state index in [9.17, 15) is 9.59 Å². The minimum absolute atomic E-state index is 0.0363. The van der Waals surface area contributed by atoms with Gasteiger partial charge in [0.05, 0.1) is 29.1 Å². The number of fused-ring (bicyclic) bond motifs is 1. The molecule has 162 valence electrons. The first-order valence-corrected chi connectivity index (χ1v) is 11.2. The Kier molecular flexibility index (Phi) is 5.23. The Hall–Kier alpha value is -3.14. The Morgan fingerprint density at radius 1 is 1.29 bits per heavy atom. The number of benzene rings is 1. The van der Waals surface area contributed by atoms with Gasteiger partial charge in [0.1, 0.15) is 17.4 Å². The third kappa shape index (κ3) is 3.95. The fourth-order valence-corrected chi connectivity index (χ4v) is 4.46. The number of oxazole rings is 1. The van der Waals surface area contributed by atoms with Gasteiger partial charge in [-0.25, -0.2) is 14.8 Å². The first kappa shape index (κ1) is 19.8. The summed E-state index contributed by atoms with van der Waals surface area (Å²) >= 11 is 1.59. The van der Waals surface area contributed by atoms with Crippen LogP contribution in [-0.2, 0) is 9.53 Å². The molecule has 1 aromatic carbocycles. The normalized spacial score (nSPS) is 20.7. The summed E-state index contributed by atoms with van der Waals surface area (Å²) in [6, 6.07) is 6.31. The van der Waals surface area contributed by atoms with Crippen LogP contribution in [0.1, 0.15) is 30.3 Å². The zero-order valence-electron chi connectivity index (χ0n) is 16.9. The molecule has 2 aliphatic rings. The number of hydrogen-bond donors (Lipinski definition) is 1. The van der Waals surface area contributed by atoms with Crippen molar-refractivity contribution in [2.24, 2.45) is 5.92 Å². The average molecular weight is 442 g/mol. The van der Waals surface area contributed by atoms with E-state index in [1.165, 1.54) is 6.20 Å². The largest absolute Gasteiger partial charge is 0.488 e. The van der Waals surface area contributed by atoms with E-state index in [0.29, 0.717) is 31.9 Å². The molecule has 31 heavy (non-hydrogen) atoms. The molecule has 10 heteroatoms. The van der Waals surface area contributed by atoms with Gasteiger partial charge in [-0.1, -0.05) is 6.07 Å². The number of ether oxygens (including phenoxy) is 2. The molecule has 0 bridgehead atoms. The van der Waals surface area contributed by atoms with E-state index in [4.69, 9.17) is 13.9 Å². The molecule has 1 aliphatic heterocycles. The lowest BCUT2D eigenvalue weighted by Crippen LogP contribution is -2.61. The zero-order chi connectivity index (χ0) is 21.4. The fraction of sp³-hybridized carbons (Fsp3) is 0.429. The van der Waals surface area contributed by atoms with Gasteiger partial charge in [0, 0.05) is 19.0 Å². The van der Waals surface area contributed by atoms with Crippen molar-refractivity contribution in [2.45, 2.75) is 31.9 Å². The van der Waals surface area contributed by atoms with Crippen molar-refractivity contribution in [2.75, 3.05) is 24.6 Å². The van der Waals surface area contributed by atoms with Crippen LogP contribution in [0.15, 0.2) is 34.3 Å². The van der Waals surface area contributed by atoms with Gasteiger partial charge in [-0.3, -0.25) is 4.79 Å². The number of amides is 1. The van der Waals surface area contributed by atoms with Crippen molar-refractivity contribution in [3.8, 4) is 5.75 Å². The lowest BCUT2D eigenvalue weighted by atomic mass is 9.81. The third-order valence-electron chi connectivity index (χ3n) is 5.55. The maximum Gasteiger partial charge on any atom is 0.376 e. The predicted molar refractivity (Wildman–Crippen MR) is 113 cm³/mol. The quantitative estimate of drug-likeness (QED) is 0.557. The summed E-state index contributed by atoms with van der Waals surface area (Å²) in [6.45, 7) is 3.19. The molecule has 1 amide bonds. The van der Waals surface area contributed by atoms with Crippen molar-refractivity contribution in [3.05, 3.63) is 35.7 Å². The van der Waals surface area contributed by atoms with Crippen LogP contribution in [0.5, 0.6) is 5.75 Å². The SMILES string of the molecule is CCOC(=O)c1cnc(N2CC(NC(=O)C3CC(Oc4cccc5scnc45)C3)C2)o1. The van der Waals surface area contributed by atoms with E-state index >= 15 is 0 Å². The second-order valence-corrected chi connectivity index (χ2v) is 8.59. The highest BCUT2D eigenvalue weighted by molar-refractivity contribution is 7.16. The Balaban J connectivity index is 1.06. The van der Waals surface area contributed by atoms with E-state index in [1.807, 2.05) is 28.6 Å². The number of carbonyl (C=O) groups is 2. The molecular formula is C21H22N4O5S. The van der Waals surface area contributed by atoms with Crippen molar-refractivity contribution in [1.82, 2.24) is 15.3 Å². The average Bonchev–Trinajstić information content (AvgIpc) is 3.36. The third-order valence-corrected chi connectivity index (χ3v) is 6.35. The van der Waals surface area contributed by atoms with Crippen molar-refractivity contribution >= 4 is 39.4 Å².